The van der Waals surface area contributed by atoms with E-state index in [4.69, 9.17) is 4.42 Å². The van der Waals surface area contributed by atoms with Crippen LogP contribution in [0.4, 0.5) is 0 Å². The molecule has 0 N–H and O–H groups in total. The maximum absolute atomic E-state index is 5.12. The lowest BCUT2D eigenvalue weighted by atomic mass is 10.1. The summed E-state index contributed by atoms with van der Waals surface area (Å²) in [6, 6.07) is 58.6. The molecule has 8 aromatic heterocycles. The number of hydrogen-bond acceptors (Lipinski definition) is 12. The first kappa shape index (κ1) is 50.4. The molecule has 13 aromatic rings. The zero-order chi connectivity index (χ0) is 48.2. The van der Waals surface area contributed by atoms with Crippen molar-refractivity contribution in [2.45, 2.75) is 6.42 Å². The maximum Gasteiger partial charge on any atom is 0.133 e. The second-order valence-corrected chi connectivity index (χ2v) is 15.7. The first-order valence-electron chi connectivity index (χ1n) is 22.0. The maximum atomic E-state index is 5.12. The van der Waals surface area contributed by atoms with Crippen LogP contribution in [0.2, 0.25) is 0 Å². The summed E-state index contributed by atoms with van der Waals surface area (Å²) in [5, 5.41) is 17.3. The lowest BCUT2D eigenvalue weighted by Gasteiger charge is -1.93. The van der Waals surface area contributed by atoms with E-state index in [1.807, 2.05) is 115 Å². The highest BCUT2D eigenvalue weighted by Gasteiger charge is 2.00. The van der Waals surface area contributed by atoms with Crippen LogP contribution < -0.4 is 0 Å². The van der Waals surface area contributed by atoms with Crippen LogP contribution in [0.1, 0.15) is 11.1 Å². The summed E-state index contributed by atoms with van der Waals surface area (Å²) in [6.45, 7) is 0. The van der Waals surface area contributed by atoms with Crippen molar-refractivity contribution in [3.05, 3.63) is 291 Å². The number of rotatable bonds is 0. The van der Waals surface area contributed by atoms with Crippen LogP contribution in [0, 0.1) is 0 Å². The van der Waals surface area contributed by atoms with Gasteiger partial charge in [-0.2, -0.15) is 10.2 Å². The number of para-hydroxylation sites is 2. The first-order chi connectivity index (χ1) is 34.8. The SMILES string of the molecule is C1=Cc2ccccc2C1.c1ccc2cnccc2c1.c1ccc2ncccc2c1.c1ccc2occc2c1.c1ccc2sccc2c1.c1ccnnc1.c1cnccn1.c1cncnc1.c1cnsc1. The number of allylic oxidation sites excluding steroid dienone is 1. The van der Waals surface area contributed by atoms with E-state index in [1.165, 1.54) is 55.2 Å². The first-order valence-corrected chi connectivity index (χ1v) is 23.7. The fraction of sp³-hybridized carbons (Fsp3) is 0.0172. The summed E-state index contributed by atoms with van der Waals surface area (Å²) in [7, 11) is 0. The van der Waals surface area contributed by atoms with E-state index < -0.39 is 0 Å². The Bertz CT molecular complexity index is 2840. The molecule has 5 aromatic carbocycles. The summed E-state index contributed by atoms with van der Waals surface area (Å²) in [5.74, 6) is 0. The molecule has 0 fully saturated rings. The molecular formula is C58H49N9OS2. The fourth-order valence-corrected chi connectivity index (χ4v) is 7.13. The molecule has 8 heterocycles. The molecule has 0 atom stereocenters. The minimum absolute atomic E-state index is 0.956. The van der Waals surface area contributed by atoms with E-state index in [9.17, 15) is 0 Å². The van der Waals surface area contributed by atoms with E-state index in [0.717, 1.165) is 22.9 Å². The molecule has 14 rings (SSSR count). The van der Waals surface area contributed by atoms with Crippen LogP contribution in [0.15, 0.2) is 284 Å². The number of benzene rings is 5. The largest absolute Gasteiger partial charge is 0.464 e. The third-order valence-corrected chi connectivity index (χ3v) is 10.7. The van der Waals surface area contributed by atoms with Gasteiger partial charge in [0.1, 0.15) is 11.9 Å². The normalized spacial score (nSPS) is 9.89. The molecule has 0 spiro atoms. The van der Waals surface area contributed by atoms with E-state index in [0.29, 0.717) is 0 Å². The number of thiophene rings is 1. The summed E-state index contributed by atoms with van der Waals surface area (Å²) >= 11 is 3.25. The highest BCUT2D eigenvalue weighted by Crippen LogP contribution is 2.19. The van der Waals surface area contributed by atoms with Gasteiger partial charge in [0, 0.05) is 95.2 Å². The van der Waals surface area contributed by atoms with E-state index in [-0.39, 0.29) is 0 Å². The Morgan fingerprint density at radius 3 is 1.69 bits per heavy atom. The van der Waals surface area contributed by atoms with Gasteiger partial charge in [0.05, 0.1) is 11.8 Å². The molecule has 0 saturated heterocycles. The van der Waals surface area contributed by atoms with Crippen molar-refractivity contribution >= 4 is 71.7 Å². The minimum Gasteiger partial charge on any atom is -0.464 e. The molecule has 0 saturated carbocycles. The summed E-state index contributed by atoms with van der Waals surface area (Å²) in [6.07, 6.45) is 29.2. The van der Waals surface area contributed by atoms with Gasteiger partial charge in [0.2, 0.25) is 0 Å². The van der Waals surface area contributed by atoms with Crippen LogP contribution in [-0.4, -0.2) is 44.5 Å². The lowest BCUT2D eigenvalue weighted by molar-refractivity contribution is 0.616. The topological polar surface area (TPSA) is 129 Å². The third-order valence-electron chi connectivity index (χ3n) is 9.26. The molecule has 1 aliphatic rings. The number of fused-ring (bicyclic) bond motifs is 5. The summed E-state index contributed by atoms with van der Waals surface area (Å²) in [5.41, 5.74) is 4.86. The number of aromatic nitrogens is 9. The van der Waals surface area contributed by atoms with Gasteiger partial charge in [0.15, 0.2) is 0 Å². The highest BCUT2D eigenvalue weighted by molar-refractivity contribution is 7.17. The second-order valence-electron chi connectivity index (χ2n) is 14.0. The Labute approximate surface area is 415 Å². The molecule has 0 aliphatic heterocycles. The Morgan fingerprint density at radius 1 is 0.414 bits per heavy atom. The average Bonchev–Trinajstić information content (AvgIpc) is 4.34. The molecule has 0 amide bonds. The fourth-order valence-electron chi connectivity index (χ4n) is 5.99. The van der Waals surface area contributed by atoms with Crippen molar-refractivity contribution < 1.29 is 4.42 Å². The second kappa shape index (κ2) is 31.9. The Kier molecular flexibility index (Phi) is 23.0. The van der Waals surface area contributed by atoms with Gasteiger partial charge in [0.25, 0.3) is 0 Å². The van der Waals surface area contributed by atoms with Crippen molar-refractivity contribution in [3.8, 4) is 0 Å². The van der Waals surface area contributed by atoms with Gasteiger partial charge >= 0.3 is 0 Å². The van der Waals surface area contributed by atoms with Gasteiger partial charge in [-0.15, -0.1) is 11.3 Å². The minimum atomic E-state index is 0.956. The Balaban J connectivity index is 0.000000130. The van der Waals surface area contributed by atoms with Crippen molar-refractivity contribution in [1.29, 1.82) is 0 Å². The predicted octanol–water partition coefficient (Wildman–Crippen LogP) is 14.6. The van der Waals surface area contributed by atoms with Gasteiger partial charge in [-0.25, -0.2) is 14.3 Å². The van der Waals surface area contributed by atoms with Gasteiger partial charge in [-0.3, -0.25) is 19.9 Å². The van der Waals surface area contributed by atoms with Crippen molar-refractivity contribution in [3.63, 3.8) is 0 Å². The van der Waals surface area contributed by atoms with Crippen LogP contribution in [-0.2, 0) is 6.42 Å². The monoisotopic (exact) mass is 951 g/mol. The molecule has 10 nitrogen and oxygen atoms in total. The number of furan rings is 1. The van der Waals surface area contributed by atoms with E-state index >= 15 is 0 Å². The van der Waals surface area contributed by atoms with E-state index in [2.05, 4.69) is 141 Å². The zero-order valence-corrected chi connectivity index (χ0v) is 39.7. The molecular weight excluding hydrogens is 903 g/mol. The van der Waals surface area contributed by atoms with Crippen LogP contribution in [0.5, 0.6) is 0 Å². The van der Waals surface area contributed by atoms with Gasteiger partial charge < -0.3 is 4.42 Å². The molecule has 344 valence electrons. The zero-order valence-electron chi connectivity index (χ0n) is 38.1. The smallest absolute Gasteiger partial charge is 0.133 e. The standard InChI is InChI=1S/2C9H7N.C9H8.C8H6O.C8H6S.3C4H4N2.C3H3NS/c1-2-6-9-8(4-1)5-3-7-10-9;1-2-4-9-7-10-6-5-8(9)3-1;1-2-5-9-7-3-6-8(9)4-1;2*1-2-4-8-7(3-1)5-6-9-8;1-2-6-4-3-5-1;1-2-5-4-6-3-1;1-2-4-6-5-3-1;1-2-4-5-3-1/h2*1-7H;1-6H,7H2;2*1-6H;3*1-4H;1-3H. The van der Waals surface area contributed by atoms with Crippen LogP contribution in [0.25, 0.3) is 48.8 Å². The van der Waals surface area contributed by atoms with Crippen molar-refractivity contribution in [2.24, 2.45) is 0 Å². The number of pyridine rings is 2. The third kappa shape index (κ3) is 19.5. The number of hydrogen-bond donors (Lipinski definition) is 0. The molecule has 0 unspecified atom stereocenters. The van der Waals surface area contributed by atoms with Crippen LogP contribution >= 0.6 is 22.9 Å². The van der Waals surface area contributed by atoms with Crippen LogP contribution in [0.3, 0.4) is 0 Å². The molecule has 1 aliphatic carbocycles. The Hall–Kier alpha value is -8.97. The number of nitrogens with zero attached hydrogens (tertiary/aromatic N) is 9. The average molecular weight is 952 g/mol. The summed E-state index contributed by atoms with van der Waals surface area (Å²) < 4.78 is 10.3. The molecule has 0 radical (unpaired) electrons. The molecule has 12 heteroatoms. The van der Waals surface area contributed by atoms with Crippen molar-refractivity contribution in [2.75, 3.05) is 0 Å². The molecule has 70 heavy (non-hydrogen) atoms. The van der Waals surface area contributed by atoms with Gasteiger partial charge in [-0.05, 0) is 117 Å². The summed E-state index contributed by atoms with van der Waals surface area (Å²) in [4.78, 5) is 23.0. The highest BCUT2D eigenvalue weighted by atomic mass is 32.1. The van der Waals surface area contributed by atoms with Crippen molar-refractivity contribution in [1.82, 2.24) is 44.5 Å². The lowest BCUT2D eigenvalue weighted by Crippen LogP contribution is -1.76. The Morgan fingerprint density at radius 2 is 1.09 bits per heavy atom. The predicted molar refractivity (Wildman–Crippen MR) is 289 cm³/mol. The van der Waals surface area contributed by atoms with Gasteiger partial charge in [-0.1, -0.05) is 121 Å². The quantitative estimate of drug-likeness (QED) is 0.145. The van der Waals surface area contributed by atoms with E-state index in [1.54, 1.807) is 79.4 Å². The molecule has 0 bridgehead atoms.